The Hall–Kier alpha value is -3.47. The van der Waals surface area contributed by atoms with Crippen molar-refractivity contribution in [2.24, 2.45) is 0 Å². The summed E-state index contributed by atoms with van der Waals surface area (Å²) in [5, 5.41) is 0. The molecule has 0 spiro atoms. The second-order valence-corrected chi connectivity index (χ2v) is 6.38. The van der Waals surface area contributed by atoms with Crippen LogP contribution in [-0.2, 0) is 0 Å². The Balaban J connectivity index is 2.05. The van der Waals surface area contributed by atoms with E-state index in [-0.39, 0.29) is 11.6 Å². The van der Waals surface area contributed by atoms with Crippen LogP contribution in [0.1, 0.15) is 43.2 Å². The molecule has 0 bridgehead atoms. The molecule has 0 radical (unpaired) electrons. The molecule has 0 fully saturated rings. The van der Waals surface area contributed by atoms with Gasteiger partial charge in [0, 0.05) is 33.6 Å². The molecule has 0 aliphatic rings. The molecule has 3 aromatic rings. The highest BCUT2D eigenvalue weighted by Gasteiger charge is 2.20. The first-order valence-corrected chi connectivity index (χ1v) is 8.80. The molecule has 3 rings (SSSR count). The number of rotatable bonds is 6. The van der Waals surface area contributed by atoms with Gasteiger partial charge < -0.3 is 9.47 Å². The number of carbonyl (C=O) groups excluding carboxylic acids is 2. The van der Waals surface area contributed by atoms with Gasteiger partial charge >= 0.3 is 0 Å². The molecule has 5 nitrogen and oxygen atoms in total. The molecule has 0 atom stereocenters. The van der Waals surface area contributed by atoms with Gasteiger partial charge in [-0.15, -0.1) is 0 Å². The molecule has 142 valence electrons. The zero-order valence-corrected chi connectivity index (χ0v) is 16.3. The number of methoxy groups -OCH3 is 2. The summed E-state index contributed by atoms with van der Waals surface area (Å²) >= 11 is 0. The van der Waals surface area contributed by atoms with E-state index in [0.717, 1.165) is 0 Å². The molecule has 0 aliphatic heterocycles. The molecule has 0 saturated carbocycles. The van der Waals surface area contributed by atoms with Gasteiger partial charge in [0.25, 0.3) is 0 Å². The van der Waals surface area contributed by atoms with Crippen LogP contribution >= 0.6 is 0 Å². The van der Waals surface area contributed by atoms with E-state index >= 15 is 0 Å². The van der Waals surface area contributed by atoms with Crippen molar-refractivity contribution in [3.05, 3.63) is 88.2 Å². The first-order valence-electron chi connectivity index (χ1n) is 8.80. The number of benzene rings is 2. The highest BCUT2D eigenvalue weighted by molar-refractivity contribution is 6.14. The summed E-state index contributed by atoms with van der Waals surface area (Å²) in [5.41, 5.74) is 2.90. The Morgan fingerprint density at radius 2 is 1.14 bits per heavy atom. The SMILES string of the molecule is COc1cccc(C(=O)c2cc(C(=O)c3cccc(OC)c3)c(C)nc2C)c1. The smallest absolute Gasteiger partial charge is 0.195 e. The van der Waals surface area contributed by atoms with Crippen LogP contribution < -0.4 is 9.47 Å². The van der Waals surface area contributed by atoms with Crippen molar-refractivity contribution < 1.29 is 19.1 Å². The fourth-order valence-electron chi connectivity index (χ4n) is 3.02. The maximum Gasteiger partial charge on any atom is 0.195 e. The lowest BCUT2D eigenvalue weighted by atomic mass is 9.95. The van der Waals surface area contributed by atoms with Crippen LogP contribution in [-0.4, -0.2) is 30.8 Å². The van der Waals surface area contributed by atoms with Crippen molar-refractivity contribution >= 4 is 11.6 Å². The van der Waals surface area contributed by atoms with Crippen molar-refractivity contribution in [1.82, 2.24) is 4.98 Å². The normalized spacial score (nSPS) is 10.4. The van der Waals surface area contributed by atoms with E-state index in [1.807, 2.05) is 0 Å². The Kier molecular flexibility index (Phi) is 5.54. The largest absolute Gasteiger partial charge is 0.497 e. The van der Waals surface area contributed by atoms with E-state index in [4.69, 9.17) is 9.47 Å². The Bertz CT molecular complexity index is 975. The molecule has 1 heterocycles. The van der Waals surface area contributed by atoms with Crippen LogP contribution in [0.2, 0.25) is 0 Å². The van der Waals surface area contributed by atoms with E-state index < -0.39 is 0 Å². The quantitative estimate of drug-likeness (QED) is 0.605. The summed E-state index contributed by atoms with van der Waals surface area (Å²) in [6.45, 7) is 3.53. The lowest BCUT2D eigenvalue weighted by molar-refractivity contribution is 0.103. The molecule has 0 amide bonds. The molecule has 2 aromatic carbocycles. The monoisotopic (exact) mass is 375 g/mol. The second kappa shape index (κ2) is 8.05. The number of nitrogens with zero attached hydrogens (tertiary/aromatic N) is 1. The minimum Gasteiger partial charge on any atom is -0.497 e. The van der Waals surface area contributed by atoms with E-state index in [0.29, 0.717) is 45.1 Å². The number of hydrogen-bond acceptors (Lipinski definition) is 5. The molecule has 0 aliphatic carbocycles. The van der Waals surface area contributed by atoms with Gasteiger partial charge in [-0.2, -0.15) is 0 Å². The Morgan fingerprint density at radius 3 is 1.54 bits per heavy atom. The Labute approximate surface area is 164 Å². The van der Waals surface area contributed by atoms with Gasteiger partial charge in [-0.1, -0.05) is 24.3 Å². The summed E-state index contributed by atoms with van der Waals surface area (Å²) in [7, 11) is 3.10. The zero-order chi connectivity index (χ0) is 20.3. The average Bonchev–Trinajstić information content (AvgIpc) is 2.73. The van der Waals surface area contributed by atoms with Crippen molar-refractivity contribution in [2.75, 3.05) is 14.2 Å². The molecular formula is C23H21NO4. The summed E-state index contributed by atoms with van der Waals surface area (Å²) in [6, 6.07) is 15.5. The predicted octanol–water partition coefficient (Wildman–Crippen LogP) is 4.18. The minimum atomic E-state index is -0.205. The lowest BCUT2D eigenvalue weighted by Gasteiger charge is -2.11. The molecule has 0 saturated heterocycles. The lowest BCUT2D eigenvalue weighted by Crippen LogP contribution is -2.12. The van der Waals surface area contributed by atoms with E-state index in [1.165, 1.54) is 0 Å². The standard InChI is InChI=1S/C23H21NO4/c1-14-20(22(25)16-7-5-9-18(11-16)27-3)13-21(15(2)24-14)23(26)17-8-6-10-19(12-17)28-4/h5-13H,1-4H3. The zero-order valence-electron chi connectivity index (χ0n) is 16.3. The molecule has 5 heteroatoms. The van der Waals surface area contributed by atoms with E-state index in [2.05, 4.69) is 4.98 Å². The maximum absolute atomic E-state index is 13.0. The highest BCUT2D eigenvalue weighted by Crippen LogP contribution is 2.23. The van der Waals surface area contributed by atoms with Crippen molar-refractivity contribution in [2.45, 2.75) is 13.8 Å². The molecular weight excluding hydrogens is 354 g/mol. The summed E-state index contributed by atoms with van der Waals surface area (Å²) in [5.74, 6) is 0.777. The van der Waals surface area contributed by atoms with Crippen LogP contribution in [0.25, 0.3) is 0 Å². The van der Waals surface area contributed by atoms with Gasteiger partial charge in [0.1, 0.15) is 11.5 Å². The van der Waals surface area contributed by atoms with Crippen LogP contribution in [0.5, 0.6) is 11.5 Å². The van der Waals surface area contributed by atoms with Gasteiger partial charge in [0.2, 0.25) is 0 Å². The van der Waals surface area contributed by atoms with E-state index in [1.54, 1.807) is 82.7 Å². The van der Waals surface area contributed by atoms with Crippen LogP contribution in [0, 0.1) is 13.8 Å². The Morgan fingerprint density at radius 1 is 0.714 bits per heavy atom. The average molecular weight is 375 g/mol. The number of aryl methyl sites for hydroxylation is 2. The maximum atomic E-state index is 13.0. The summed E-state index contributed by atoms with van der Waals surface area (Å²) in [4.78, 5) is 30.5. The van der Waals surface area contributed by atoms with E-state index in [9.17, 15) is 9.59 Å². The first-order chi connectivity index (χ1) is 13.4. The third kappa shape index (κ3) is 3.78. The molecule has 28 heavy (non-hydrogen) atoms. The van der Waals surface area contributed by atoms with Crippen LogP contribution in [0.4, 0.5) is 0 Å². The number of ketones is 2. The fourth-order valence-corrected chi connectivity index (χ4v) is 3.02. The number of aromatic nitrogens is 1. The third-order valence-electron chi connectivity index (χ3n) is 4.56. The van der Waals surface area contributed by atoms with Gasteiger partial charge in [0.05, 0.1) is 14.2 Å². The summed E-state index contributed by atoms with van der Waals surface area (Å²) in [6.07, 6.45) is 0. The predicted molar refractivity (Wildman–Crippen MR) is 107 cm³/mol. The molecule has 1 aromatic heterocycles. The molecule has 0 N–H and O–H groups in total. The van der Waals surface area contributed by atoms with Crippen molar-refractivity contribution in [1.29, 1.82) is 0 Å². The minimum absolute atomic E-state index is 0.205. The van der Waals surface area contributed by atoms with Crippen LogP contribution in [0.15, 0.2) is 54.6 Å². The second-order valence-electron chi connectivity index (χ2n) is 6.38. The highest BCUT2D eigenvalue weighted by atomic mass is 16.5. The number of carbonyl (C=O) groups is 2. The van der Waals surface area contributed by atoms with Gasteiger partial charge in [0.15, 0.2) is 11.6 Å². The number of ether oxygens (including phenoxy) is 2. The first kappa shape index (κ1) is 19.3. The topological polar surface area (TPSA) is 65.5 Å². The summed E-state index contributed by atoms with van der Waals surface area (Å²) < 4.78 is 10.4. The number of pyridine rings is 1. The fraction of sp³-hybridized carbons (Fsp3) is 0.174. The molecule has 0 unspecified atom stereocenters. The number of hydrogen-bond donors (Lipinski definition) is 0. The van der Waals surface area contributed by atoms with Gasteiger partial charge in [-0.05, 0) is 44.2 Å². The van der Waals surface area contributed by atoms with Crippen molar-refractivity contribution in [3.8, 4) is 11.5 Å². The van der Waals surface area contributed by atoms with Gasteiger partial charge in [-0.25, -0.2) is 0 Å². The van der Waals surface area contributed by atoms with Crippen molar-refractivity contribution in [3.63, 3.8) is 0 Å². The third-order valence-corrected chi connectivity index (χ3v) is 4.56. The van der Waals surface area contributed by atoms with Gasteiger partial charge in [-0.3, -0.25) is 14.6 Å². The van der Waals surface area contributed by atoms with Crippen LogP contribution in [0.3, 0.4) is 0 Å².